The van der Waals surface area contributed by atoms with E-state index in [-0.39, 0.29) is 0 Å². The summed E-state index contributed by atoms with van der Waals surface area (Å²) in [5.41, 5.74) is 0.552. The smallest absolute Gasteiger partial charge is 0.129 e. The molecule has 0 spiro atoms. The Morgan fingerprint density at radius 3 is 2.59 bits per heavy atom. The van der Waals surface area contributed by atoms with Gasteiger partial charge in [-0.1, -0.05) is 6.07 Å². The lowest BCUT2D eigenvalue weighted by Crippen LogP contribution is -2.36. The molecule has 0 aliphatic rings. The zero-order valence-electron chi connectivity index (χ0n) is 10.6. The number of benzene rings is 1. The van der Waals surface area contributed by atoms with Crippen molar-refractivity contribution >= 4 is 0 Å². The van der Waals surface area contributed by atoms with Gasteiger partial charge in [0.25, 0.3) is 0 Å². The van der Waals surface area contributed by atoms with Gasteiger partial charge in [-0.05, 0) is 45.6 Å². The summed E-state index contributed by atoms with van der Waals surface area (Å²) < 4.78 is 26.0. The van der Waals surface area contributed by atoms with Gasteiger partial charge in [-0.2, -0.15) is 0 Å². The van der Waals surface area contributed by atoms with Gasteiger partial charge in [0.2, 0.25) is 0 Å². The summed E-state index contributed by atoms with van der Waals surface area (Å²) >= 11 is 0. The average molecular weight is 242 g/mol. The maximum absolute atomic E-state index is 13.3. The Labute approximate surface area is 102 Å². The first-order valence-corrected chi connectivity index (χ1v) is 5.81. The third kappa shape index (κ3) is 5.24. The van der Waals surface area contributed by atoms with E-state index >= 15 is 0 Å². The molecule has 1 rings (SSSR count). The largest absolute Gasteiger partial charge is 0.313 e. The first-order valence-electron chi connectivity index (χ1n) is 5.81. The van der Waals surface area contributed by atoms with Crippen LogP contribution in [0.4, 0.5) is 8.78 Å². The minimum absolute atomic E-state index is 0.355. The van der Waals surface area contributed by atoms with Gasteiger partial charge < -0.3 is 10.2 Å². The van der Waals surface area contributed by atoms with E-state index in [0.29, 0.717) is 24.6 Å². The third-order valence-electron chi connectivity index (χ3n) is 2.54. The van der Waals surface area contributed by atoms with Crippen molar-refractivity contribution in [2.75, 3.05) is 27.2 Å². The Morgan fingerprint density at radius 2 is 2.00 bits per heavy atom. The van der Waals surface area contributed by atoms with Crippen LogP contribution < -0.4 is 5.32 Å². The van der Waals surface area contributed by atoms with Crippen molar-refractivity contribution in [3.8, 4) is 0 Å². The van der Waals surface area contributed by atoms with E-state index in [1.54, 1.807) is 0 Å². The van der Waals surface area contributed by atoms with Crippen LogP contribution in [0.1, 0.15) is 12.5 Å². The van der Waals surface area contributed by atoms with Gasteiger partial charge in [-0.15, -0.1) is 0 Å². The lowest BCUT2D eigenvalue weighted by atomic mass is 10.1. The van der Waals surface area contributed by atoms with Crippen LogP contribution in [0.3, 0.4) is 0 Å². The van der Waals surface area contributed by atoms with Gasteiger partial charge in [0.15, 0.2) is 0 Å². The molecule has 1 N–H and O–H groups in total. The second-order valence-electron chi connectivity index (χ2n) is 4.60. The van der Waals surface area contributed by atoms with Crippen molar-refractivity contribution in [1.29, 1.82) is 0 Å². The molecule has 0 amide bonds. The predicted molar refractivity (Wildman–Crippen MR) is 66.1 cm³/mol. The highest BCUT2D eigenvalue weighted by Gasteiger charge is 2.05. The van der Waals surface area contributed by atoms with Gasteiger partial charge >= 0.3 is 0 Å². The molecular formula is C13H20F2N2. The highest BCUT2D eigenvalue weighted by molar-refractivity contribution is 5.18. The average Bonchev–Trinajstić information content (AvgIpc) is 2.20. The van der Waals surface area contributed by atoms with Crippen LogP contribution in [0.25, 0.3) is 0 Å². The zero-order chi connectivity index (χ0) is 12.8. The molecule has 2 nitrogen and oxygen atoms in total. The van der Waals surface area contributed by atoms with Crippen molar-refractivity contribution < 1.29 is 8.78 Å². The van der Waals surface area contributed by atoms with E-state index in [1.807, 2.05) is 14.1 Å². The van der Waals surface area contributed by atoms with Crippen LogP contribution in [0.15, 0.2) is 18.2 Å². The fourth-order valence-electron chi connectivity index (χ4n) is 1.79. The Morgan fingerprint density at radius 1 is 1.29 bits per heavy atom. The zero-order valence-corrected chi connectivity index (χ0v) is 10.6. The molecular weight excluding hydrogens is 222 g/mol. The Balaban J connectivity index is 2.35. The number of halogens is 2. The van der Waals surface area contributed by atoms with Crippen LogP contribution in [-0.2, 0) is 6.42 Å². The lowest BCUT2D eigenvalue weighted by Gasteiger charge is -2.18. The molecule has 1 aromatic carbocycles. The van der Waals surface area contributed by atoms with Crippen LogP contribution in [0.5, 0.6) is 0 Å². The first kappa shape index (κ1) is 14.1. The van der Waals surface area contributed by atoms with Gasteiger partial charge in [-0.3, -0.25) is 0 Å². The number of nitrogens with one attached hydrogen (secondary N) is 1. The minimum Gasteiger partial charge on any atom is -0.313 e. The molecule has 1 unspecified atom stereocenters. The topological polar surface area (TPSA) is 15.3 Å². The monoisotopic (exact) mass is 242 g/mol. The van der Waals surface area contributed by atoms with Crippen LogP contribution >= 0.6 is 0 Å². The second kappa shape index (κ2) is 6.67. The third-order valence-corrected chi connectivity index (χ3v) is 2.54. The predicted octanol–water partition coefficient (Wildman–Crippen LogP) is 2.05. The van der Waals surface area contributed by atoms with Crippen molar-refractivity contribution in [2.24, 2.45) is 0 Å². The van der Waals surface area contributed by atoms with Crippen LogP contribution in [0, 0.1) is 11.6 Å². The van der Waals surface area contributed by atoms with E-state index in [2.05, 4.69) is 17.1 Å². The second-order valence-corrected chi connectivity index (χ2v) is 4.60. The Kier molecular flexibility index (Phi) is 5.51. The Hall–Kier alpha value is -1.00. The maximum Gasteiger partial charge on any atom is 0.129 e. The molecule has 0 fully saturated rings. The highest BCUT2D eigenvalue weighted by atomic mass is 19.1. The van der Waals surface area contributed by atoms with Gasteiger partial charge in [0, 0.05) is 18.7 Å². The summed E-state index contributed by atoms with van der Waals surface area (Å²) in [4.78, 5) is 2.09. The molecule has 0 saturated heterocycles. The Bertz CT molecular complexity index is 353. The van der Waals surface area contributed by atoms with Crippen molar-refractivity contribution in [3.63, 3.8) is 0 Å². The number of hydrogen-bond donors (Lipinski definition) is 1. The molecule has 4 heteroatoms. The summed E-state index contributed by atoms with van der Waals surface area (Å²) in [7, 11) is 4.02. The highest BCUT2D eigenvalue weighted by Crippen LogP contribution is 2.09. The molecule has 0 aromatic heterocycles. The van der Waals surface area contributed by atoms with Gasteiger partial charge in [-0.25, -0.2) is 8.78 Å². The van der Waals surface area contributed by atoms with E-state index in [4.69, 9.17) is 0 Å². The SMILES string of the molecule is CC(CN(C)C)NCCc1ccc(F)cc1F. The first-order chi connectivity index (χ1) is 7.99. The molecule has 0 aliphatic heterocycles. The van der Waals surface area contributed by atoms with E-state index < -0.39 is 11.6 Å². The van der Waals surface area contributed by atoms with E-state index in [9.17, 15) is 8.78 Å². The molecule has 0 aliphatic carbocycles. The van der Waals surface area contributed by atoms with Gasteiger partial charge in [0.1, 0.15) is 11.6 Å². The molecule has 96 valence electrons. The van der Waals surface area contributed by atoms with E-state index in [0.717, 1.165) is 12.6 Å². The van der Waals surface area contributed by atoms with Crippen LogP contribution in [0.2, 0.25) is 0 Å². The summed E-state index contributed by atoms with van der Waals surface area (Å²) in [6.07, 6.45) is 0.573. The quantitative estimate of drug-likeness (QED) is 0.821. The maximum atomic E-state index is 13.3. The fourth-order valence-corrected chi connectivity index (χ4v) is 1.79. The number of nitrogens with zero attached hydrogens (tertiary/aromatic N) is 1. The molecule has 17 heavy (non-hydrogen) atoms. The minimum atomic E-state index is -0.528. The lowest BCUT2D eigenvalue weighted by molar-refractivity contribution is 0.350. The molecule has 0 radical (unpaired) electrons. The summed E-state index contributed by atoms with van der Waals surface area (Å²) in [6, 6.07) is 4.08. The summed E-state index contributed by atoms with van der Waals surface area (Å²) in [5.74, 6) is -0.993. The molecule has 0 saturated carbocycles. The number of rotatable bonds is 6. The van der Waals surface area contributed by atoms with Crippen molar-refractivity contribution in [2.45, 2.75) is 19.4 Å². The van der Waals surface area contributed by atoms with Gasteiger partial charge in [0.05, 0.1) is 0 Å². The summed E-state index contributed by atoms with van der Waals surface area (Å²) in [6.45, 7) is 3.71. The standard InChI is InChI=1S/C13H20F2N2/c1-10(9-17(2)3)16-7-6-11-4-5-12(14)8-13(11)15/h4-5,8,10,16H,6-7,9H2,1-3H3. The van der Waals surface area contributed by atoms with Crippen LogP contribution in [-0.4, -0.2) is 38.1 Å². The molecule has 1 atom stereocenters. The summed E-state index contributed by atoms with van der Waals surface area (Å²) in [5, 5.41) is 3.30. The van der Waals surface area contributed by atoms with Crippen molar-refractivity contribution in [3.05, 3.63) is 35.4 Å². The van der Waals surface area contributed by atoms with Crippen molar-refractivity contribution in [1.82, 2.24) is 10.2 Å². The normalized spacial score (nSPS) is 13.1. The molecule has 0 heterocycles. The van der Waals surface area contributed by atoms with E-state index in [1.165, 1.54) is 12.1 Å². The number of hydrogen-bond acceptors (Lipinski definition) is 2. The molecule has 0 bridgehead atoms. The molecule has 1 aromatic rings. The number of likely N-dealkylation sites (N-methyl/N-ethyl adjacent to an activating group) is 1. The fraction of sp³-hybridized carbons (Fsp3) is 0.538.